The van der Waals surface area contributed by atoms with Gasteiger partial charge in [0.05, 0.1) is 25.3 Å². The number of aryl methyl sites for hydroxylation is 2. The van der Waals surface area contributed by atoms with Crippen LogP contribution in [0.1, 0.15) is 28.8 Å². The number of morpholine rings is 1. The summed E-state index contributed by atoms with van der Waals surface area (Å²) in [5.41, 5.74) is 1.27. The third-order valence-electron chi connectivity index (χ3n) is 5.59. The van der Waals surface area contributed by atoms with Gasteiger partial charge in [0.1, 0.15) is 24.4 Å². The van der Waals surface area contributed by atoms with E-state index in [0.29, 0.717) is 18.5 Å². The Morgan fingerprint density at radius 3 is 2.86 bits per heavy atom. The van der Waals surface area contributed by atoms with E-state index in [4.69, 9.17) is 4.74 Å². The van der Waals surface area contributed by atoms with Crippen LogP contribution in [0.5, 0.6) is 5.75 Å². The molecule has 152 valence electrons. The maximum Gasteiger partial charge on any atom is 0.267 e. The third kappa shape index (κ3) is 3.87. The predicted octanol–water partition coefficient (Wildman–Crippen LogP) is -3.31. The summed E-state index contributed by atoms with van der Waals surface area (Å²) in [6.07, 6.45) is 2.57. The number of hydrogen-bond donors (Lipinski definition) is 3. The molecule has 0 aliphatic carbocycles. The molecule has 3 N–H and O–H groups in total. The number of rotatable bonds is 5. The van der Waals surface area contributed by atoms with Crippen LogP contribution in [-0.4, -0.2) is 55.0 Å². The quantitative estimate of drug-likeness (QED) is 0.453. The van der Waals surface area contributed by atoms with Gasteiger partial charge in [-0.05, 0) is 24.5 Å². The number of amides is 1. The Kier molecular flexibility index (Phi) is 6.59. The fraction of sp³-hybridized carbons (Fsp3) is 0.500. The molecule has 2 aromatic rings. The van der Waals surface area contributed by atoms with Crippen molar-refractivity contribution in [3.8, 4) is 5.75 Å². The lowest BCUT2D eigenvalue weighted by Gasteiger charge is -2.23. The van der Waals surface area contributed by atoms with E-state index in [1.807, 2.05) is 12.1 Å². The number of para-hydroxylation sites is 1. The smallest absolute Gasteiger partial charge is 0.267 e. The first-order valence-electron chi connectivity index (χ1n) is 9.73. The summed E-state index contributed by atoms with van der Waals surface area (Å²) in [6, 6.07) is 5.61. The molecular formula is C20H26ClN3O4. The minimum absolute atomic E-state index is 0. The molecule has 1 aromatic heterocycles. The zero-order chi connectivity index (χ0) is 18.8. The highest BCUT2D eigenvalue weighted by Crippen LogP contribution is 2.31. The first-order chi connectivity index (χ1) is 13.2. The Morgan fingerprint density at radius 2 is 2.07 bits per heavy atom. The summed E-state index contributed by atoms with van der Waals surface area (Å²) >= 11 is 0. The predicted molar refractivity (Wildman–Crippen MR) is 102 cm³/mol. The number of nitrogens with zero attached hydrogens (tertiary/aromatic N) is 1. The van der Waals surface area contributed by atoms with Crippen LogP contribution >= 0.6 is 0 Å². The number of quaternary nitrogens is 1. The number of carbonyl (C=O) groups excluding carboxylic acids is 1. The number of benzene rings is 1. The highest BCUT2D eigenvalue weighted by Gasteiger charge is 2.25. The molecule has 1 amide bonds. The van der Waals surface area contributed by atoms with Gasteiger partial charge in [-0.2, -0.15) is 0 Å². The van der Waals surface area contributed by atoms with Crippen molar-refractivity contribution in [3.05, 3.63) is 39.7 Å². The number of aromatic hydroxyl groups is 1. The average Bonchev–Trinajstić information content (AvgIpc) is 2.70. The Morgan fingerprint density at radius 1 is 1.29 bits per heavy atom. The number of aromatic nitrogens is 1. The van der Waals surface area contributed by atoms with Crippen molar-refractivity contribution < 1.29 is 31.9 Å². The minimum Gasteiger partial charge on any atom is -1.00 e. The lowest BCUT2D eigenvalue weighted by atomic mass is 9.99. The summed E-state index contributed by atoms with van der Waals surface area (Å²) < 4.78 is 6.98. The molecule has 0 saturated carbocycles. The van der Waals surface area contributed by atoms with Gasteiger partial charge in [-0.1, -0.05) is 12.1 Å². The second-order valence-corrected chi connectivity index (χ2v) is 7.32. The first-order valence-corrected chi connectivity index (χ1v) is 9.73. The van der Waals surface area contributed by atoms with Gasteiger partial charge in [0.2, 0.25) is 0 Å². The fourth-order valence-corrected chi connectivity index (χ4v) is 4.16. The summed E-state index contributed by atoms with van der Waals surface area (Å²) in [6.45, 7) is 5.58. The van der Waals surface area contributed by atoms with Crippen LogP contribution in [0.3, 0.4) is 0 Å². The normalized spacial score (nSPS) is 16.6. The van der Waals surface area contributed by atoms with E-state index in [1.165, 1.54) is 4.90 Å². The van der Waals surface area contributed by atoms with Crippen LogP contribution in [0.2, 0.25) is 0 Å². The van der Waals surface area contributed by atoms with Gasteiger partial charge in [0.25, 0.3) is 11.5 Å². The molecule has 7 nitrogen and oxygen atoms in total. The van der Waals surface area contributed by atoms with Crippen molar-refractivity contribution in [1.29, 1.82) is 0 Å². The largest absolute Gasteiger partial charge is 1.00 e. The van der Waals surface area contributed by atoms with Gasteiger partial charge < -0.3 is 37.0 Å². The summed E-state index contributed by atoms with van der Waals surface area (Å²) in [7, 11) is 0. The van der Waals surface area contributed by atoms with E-state index in [1.54, 1.807) is 10.6 Å². The van der Waals surface area contributed by atoms with Gasteiger partial charge >= 0.3 is 0 Å². The monoisotopic (exact) mass is 407 g/mol. The van der Waals surface area contributed by atoms with Crippen molar-refractivity contribution in [2.75, 3.05) is 39.4 Å². The number of halogens is 1. The Labute approximate surface area is 169 Å². The highest BCUT2D eigenvalue weighted by molar-refractivity contribution is 6.02. The van der Waals surface area contributed by atoms with Crippen LogP contribution < -0.4 is 28.2 Å². The van der Waals surface area contributed by atoms with Gasteiger partial charge in [-0.25, -0.2) is 0 Å². The van der Waals surface area contributed by atoms with Gasteiger partial charge in [-0.15, -0.1) is 0 Å². The summed E-state index contributed by atoms with van der Waals surface area (Å²) in [5, 5.41) is 14.0. The van der Waals surface area contributed by atoms with Crippen molar-refractivity contribution in [3.63, 3.8) is 0 Å². The first kappa shape index (κ1) is 20.6. The molecule has 0 spiro atoms. The second-order valence-electron chi connectivity index (χ2n) is 7.32. The molecule has 28 heavy (non-hydrogen) atoms. The van der Waals surface area contributed by atoms with Crippen LogP contribution in [0.15, 0.2) is 23.0 Å². The summed E-state index contributed by atoms with van der Waals surface area (Å²) in [5.74, 6) is -0.692. The van der Waals surface area contributed by atoms with Crippen LogP contribution in [0.25, 0.3) is 10.9 Å². The maximum absolute atomic E-state index is 12.9. The Hall–Kier alpha value is -2.09. The molecule has 0 unspecified atom stereocenters. The zero-order valence-electron chi connectivity index (χ0n) is 15.8. The fourth-order valence-electron chi connectivity index (χ4n) is 4.16. The standard InChI is InChI=1S/C20H25N3O4.ClH/c24-18-15-6-1-4-14-5-2-9-23(17(14)15)20(26)16(18)19(25)21-7-3-8-22-10-12-27-13-11-22;/h1,4,6,24H,2-3,5,7-13H2,(H,21,25);1H. The molecule has 1 aromatic carbocycles. The number of ether oxygens (including phenoxy) is 1. The van der Waals surface area contributed by atoms with Crippen molar-refractivity contribution in [1.82, 2.24) is 9.88 Å². The Balaban J connectivity index is 0.00000225. The molecule has 0 atom stereocenters. The van der Waals surface area contributed by atoms with Crippen molar-refractivity contribution in [2.45, 2.75) is 25.8 Å². The highest BCUT2D eigenvalue weighted by atomic mass is 35.5. The van der Waals surface area contributed by atoms with Crippen LogP contribution in [-0.2, 0) is 17.7 Å². The van der Waals surface area contributed by atoms with Gasteiger partial charge in [0, 0.05) is 24.9 Å². The molecule has 2 aliphatic rings. The second kappa shape index (κ2) is 8.94. The van der Waals surface area contributed by atoms with Crippen molar-refractivity contribution >= 4 is 16.8 Å². The maximum atomic E-state index is 12.9. The van der Waals surface area contributed by atoms with E-state index in [-0.39, 0.29) is 23.7 Å². The number of pyridine rings is 1. The lowest BCUT2D eigenvalue weighted by molar-refractivity contribution is -0.908. The molecular weight excluding hydrogens is 382 g/mol. The molecule has 0 bridgehead atoms. The average molecular weight is 408 g/mol. The van der Waals surface area contributed by atoms with E-state index in [9.17, 15) is 14.7 Å². The topological polar surface area (TPSA) is 85.0 Å². The molecule has 8 heteroatoms. The van der Waals surface area contributed by atoms with Crippen molar-refractivity contribution in [2.24, 2.45) is 0 Å². The third-order valence-corrected chi connectivity index (χ3v) is 5.59. The molecule has 0 radical (unpaired) electrons. The van der Waals surface area contributed by atoms with Crippen LogP contribution in [0.4, 0.5) is 0 Å². The minimum atomic E-state index is -0.490. The van der Waals surface area contributed by atoms with E-state index < -0.39 is 11.5 Å². The molecule has 1 saturated heterocycles. The van der Waals surface area contributed by atoms with E-state index in [2.05, 4.69) is 5.32 Å². The lowest BCUT2D eigenvalue weighted by Crippen LogP contribution is -3.14. The number of carbonyl (C=O) groups is 1. The number of hydrogen-bond acceptors (Lipinski definition) is 4. The van der Waals surface area contributed by atoms with Crippen LogP contribution in [0, 0.1) is 0 Å². The molecule has 2 aliphatic heterocycles. The van der Waals surface area contributed by atoms with E-state index >= 15 is 0 Å². The van der Waals surface area contributed by atoms with E-state index in [0.717, 1.165) is 63.2 Å². The van der Waals surface area contributed by atoms with Gasteiger partial charge in [0.15, 0.2) is 0 Å². The number of nitrogens with one attached hydrogen (secondary N) is 2. The summed E-state index contributed by atoms with van der Waals surface area (Å²) in [4.78, 5) is 27.0. The SMILES string of the molecule is O=C(NCCC[NH+]1CCOCC1)c1c(O)c2cccc3c2n(c1=O)CCC3.[Cl-]. The zero-order valence-corrected chi connectivity index (χ0v) is 16.6. The molecule has 3 heterocycles. The molecule has 1 fully saturated rings. The Bertz CT molecular complexity index is 922. The molecule has 4 rings (SSSR count). The van der Waals surface area contributed by atoms with Gasteiger partial charge in [-0.3, -0.25) is 9.59 Å².